The van der Waals surface area contributed by atoms with Gasteiger partial charge in [0.2, 0.25) is 13.2 Å². The van der Waals surface area contributed by atoms with E-state index in [9.17, 15) is 23.1 Å². The highest BCUT2D eigenvalue weighted by molar-refractivity contribution is 7.89. The number of carbonyl (C=O) groups is 2. The first-order valence-corrected chi connectivity index (χ1v) is 17.8. The van der Waals surface area contributed by atoms with Crippen molar-refractivity contribution in [2.75, 3.05) is 27.7 Å². The number of sulfonamides is 1. The highest BCUT2D eigenvalue weighted by Crippen LogP contribution is 2.39. The van der Waals surface area contributed by atoms with Crippen LogP contribution in [0.3, 0.4) is 0 Å². The average molecular weight is 720 g/mol. The molecule has 0 bridgehead atoms. The van der Waals surface area contributed by atoms with Crippen LogP contribution in [-0.4, -0.2) is 67.5 Å². The van der Waals surface area contributed by atoms with Gasteiger partial charge in [0.25, 0.3) is 10.0 Å². The standard InChI is InChI=1S/C37H41N3O10S/c1-6-7-8-36-38-20-28(16-27(37(42)43)15-26-17-34-35(50-23-49-34)19-32(26)47-5)40(36)31-14-11-29(46-4)18-33(31)48-22-39(21-41)51(44,45)30-12-9-25(10-13-30)24(2)3/h9-14,16-21,24H,6-8,15,22-23H2,1-5H3,(H,42,43). The number of ether oxygens (including phenoxy) is 5. The number of carboxylic acid groups (broad SMARTS) is 1. The van der Waals surface area contributed by atoms with Gasteiger partial charge < -0.3 is 28.8 Å². The third-order valence-corrected chi connectivity index (χ3v) is 10.1. The van der Waals surface area contributed by atoms with Crippen LogP contribution in [0.5, 0.6) is 28.7 Å². The number of aromatic nitrogens is 2. The van der Waals surface area contributed by atoms with E-state index in [0.29, 0.717) is 56.5 Å². The van der Waals surface area contributed by atoms with E-state index in [4.69, 9.17) is 23.7 Å². The van der Waals surface area contributed by atoms with Gasteiger partial charge in [-0.3, -0.25) is 9.36 Å². The SMILES string of the molecule is CCCCc1ncc(C=C(Cc2cc3c(cc2OC)OCO3)C(=O)O)n1-c1ccc(OC)cc1OCN(C=O)S(=O)(=O)c1ccc(C(C)C)cc1. The molecule has 51 heavy (non-hydrogen) atoms. The molecule has 1 amide bonds. The quantitative estimate of drug-likeness (QED) is 0.0779. The van der Waals surface area contributed by atoms with Crippen LogP contribution >= 0.6 is 0 Å². The van der Waals surface area contributed by atoms with E-state index in [2.05, 4.69) is 4.98 Å². The lowest BCUT2D eigenvalue weighted by Gasteiger charge is -2.21. The number of methoxy groups -OCH3 is 2. The van der Waals surface area contributed by atoms with Crippen molar-refractivity contribution in [3.8, 4) is 34.4 Å². The molecule has 5 rings (SSSR count). The van der Waals surface area contributed by atoms with Crippen molar-refractivity contribution in [2.24, 2.45) is 0 Å². The Morgan fingerprint density at radius 2 is 1.76 bits per heavy atom. The molecule has 0 aliphatic carbocycles. The maximum absolute atomic E-state index is 13.5. The van der Waals surface area contributed by atoms with Gasteiger partial charge in [0.1, 0.15) is 23.1 Å². The molecule has 0 fully saturated rings. The third-order valence-electron chi connectivity index (χ3n) is 8.40. The van der Waals surface area contributed by atoms with E-state index in [1.54, 1.807) is 53.2 Å². The predicted octanol–water partition coefficient (Wildman–Crippen LogP) is 5.98. The maximum Gasteiger partial charge on any atom is 0.331 e. The molecule has 1 aliphatic heterocycles. The molecule has 0 radical (unpaired) electrons. The second-order valence-electron chi connectivity index (χ2n) is 12.0. The van der Waals surface area contributed by atoms with Crippen LogP contribution in [0.4, 0.5) is 0 Å². The van der Waals surface area contributed by atoms with Gasteiger partial charge in [-0.15, -0.1) is 0 Å². The van der Waals surface area contributed by atoms with Gasteiger partial charge in [-0.2, -0.15) is 0 Å². The van der Waals surface area contributed by atoms with Gasteiger partial charge in [0, 0.05) is 36.1 Å². The minimum absolute atomic E-state index is 0.0130. The fourth-order valence-corrected chi connectivity index (χ4v) is 6.59. The average Bonchev–Trinajstić information content (AvgIpc) is 3.76. The summed E-state index contributed by atoms with van der Waals surface area (Å²) >= 11 is 0. The Bertz CT molecular complexity index is 2020. The van der Waals surface area contributed by atoms with Crippen LogP contribution in [0.25, 0.3) is 11.8 Å². The van der Waals surface area contributed by atoms with Crippen molar-refractivity contribution in [1.82, 2.24) is 13.9 Å². The predicted molar refractivity (Wildman–Crippen MR) is 188 cm³/mol. The monoisotopic (exact) mass is 719 g/mol. The van der Waals surface area contributed by atoms with Crippen molar-refractivity contribution in [1.29, 1.82) is 0 Å². The summed E-state index contributed by atoms with van der Waals surface area (Å²) < 4.78 is 57.3. The van der Waals surface area contributed by atoms with E-state index in [1.165, 1.54) is 32.4 Å². The minimum Gasteiger partial charge on any atom is -0.497 e. The maximum atomic E-state index is 13.5. The Morgan fingerprint density at radius 3 is 2.39 bits per heavy atom. The highest BCUT2D eigenvalue weighted by Gasteiger charge is 2.26. The van der Waals surface area contributed by atoms with Crippen LogP contribution in [0.15, 0.2) is 71.3 Å². The number of fused-ring (bicyclic) bond motifs is 1. The number of rotatable bonds is 17. The molecule has 1 N–H and O–H groups in total. The van der Waals surface area contributed by atoms with Crippen LogP contribution in [0.1, 0.15) is 62.2 Å². The Hall–Kier alpha value is -5.50. The second kappa shape index (κ2) is 16.0. The first kappa shape index (κ1) is 36.8. The topological polar surface area (TPSA) is 156 Å². The van der Waals surface area contributed by atoms with Gasteiger partial charge in [-0.25, -0.2) is 22.5 Å². The minimum atomic E-state index is -4.25. The normalized spacial score (nSPS) is 12.5. The fourth-order valence-electron chi connectivity index (χ4n) is 5.53. The van der Waals surface area contributed by atoms with Crippen molar-refractivity contribution in [2.45, 2.75) is 57.3 Å². The summed E-state index contributed by atoms with van der Waals surface area (Å²) in [5, 5.41) is 10.3. The number of nitrogens with zero attached hydrogens (tertiary/aromatic N) is 3. The molecule has 0 unspecified atom stereocenters. The molecule has 1 aliphatic rings. The zero-order valence-corrected chi connectivity index (χ0v) is 29.9. The molecular weight excluding hydrogens is 678 g/mol. The fraction of sp³-hybridized carbons (Fsp3) is 0.324. The third kappa shape index (κ3) is 8.12. The summed E-state index contributed by atoms with van der Waals surface area (Å²) in [6, 6.07) is 14.7. The van der Waals surface area contributed by atoms with E-state index < -0.39 is 22.7 Å². The number of aliphatic carboxylic acids is 1. The Balaban J connectivity index is 1.54. The molecule has 0 spiro atoms. The number of hydrogen-bond acceptors (Lipinski definition) is 10. The number of unbranched alkanes of at least 4 members (excludes halogenated alkanes) is 1. The summed E-state index contributed by atoms with van der Waals surface area (Å²) in [6.07, 6.45) is 5.50. The smallest absolute Gasteiger partial charge is 0.331 e. The molecule has 1 aromatic heterocycles. The van der Waals surface area contributed by atoms with Crippen LogP contribution in [0.2, 0.25) is 0 Å². The number of imidazole rings is 1. The van der Waals surface area contributed by atoms with E-state index >= 15 is 0 Å². The van der Waals surface area contributed by atoms with Crippen LogP contribution < -0.4 is 23.7 Å². The first-order chi connectivity index (χ1) is 24.5. The van der Waals surface area contributed by atoms with Gasteiger partial charge in [-0.05, 0) is 54.3 Å². The van der Waals surface area contributed by atoms with Gasteiger partial charge in [-0.1, -0.05) is 39.3 Å². The van der Waals surface area contributed by atoms with Gasteiger partial charge in [0.05, 0.1) is 36.7 Å². The zero-order chi connectivity index (χ0) is 36.7. The number of hydrogen-bond donors (Lipinski definition) is 1. The number of aryl methyl sites for hydroxylation is 1. The number of benzene rings is 3. The number of carboxylic acids is 1. The Morgan fingerprint density at radius 1 is 1.04 bits per heavy atom. The first-order valence-electron chi connectivity index (χ1n) is 16.4. The molecule has 13 nitrogen and oxygen atoms in total. The molecule has 4 aromatic rings. The largest absolute Gasteiger partial charge is 0.497 e. The lowest BCUT2D eigenvalue weighted by Crippen LogP contribution is -2.33. The van der Waals surface area contributed by atoms with Gasteiger partial charge in [0.15, 0.2) is 18.2 Å². The molecule has 0 atom stereocenters. The summed E-state index contributed by atoms with van der Waals surface area (Å²) in [6.45, 7) is 5.44. The lowest BCUT2D eigenvalue weighted by molar-refractivity contribution is -0.132. The molecule has 0 saturated heterocycles. The van der Waals surface area contributed by atoms with E-state index in [1.807, 2.05) is 20.8 Å². The van der Waals surface area contributed by atoms with Crippen LogP contribution in [-0.2, 0) is 32.5 Å². The van der Waals surface area contributed by atoms with E-state index in [0.717, 1.165) is 18.4 Å². The van der Waals surface area contributed by atoms with Crippen molar-refractivity contribution >= 4 is 28.5 Å². The lowest BCUT2D eigenvalue weighted by atomic mass is 10.0. The Kier molecular flexibility index (Phi) is 11.6. The molecule has 14 heteroatoms. The Labute approximate surface area is 297 Å². The summed E-state index contributed by atoms with van der Waals surface area (Å²) in [4.78, 5) is 29.4. The molecular formula is C37H41N3O10S. The van der Waals surface area contributed by atoms with Crippen molar-refractivity contribution < 1.29 is 46.8 Å². The van der Waals surface area contributed by atoms with E-state index in [-0.39, 0.29) is 41.8 Å². The molecule has 270 valence electrons. The molecule has 2 heterocycles. The van der Waals surface area contributed by atoms with Crippen molar-refractivity contribution in [3.63, 3.8) is 0 Å². The van der Waals surface area contributed by atoms with Crippen molar-refractivity contribution in [3.05, 3.63) is 89.0 Å². The van der Waals surface area contributed by atoms with Gasteiger partial charge >= 0.3 is 5.97 Å². The highest BCUT2D eigenvalue weighted by atomic mass is 32.2. The summed E-state index contributed by atoms with van der Waals surface area (Å²) in [5.41, 5.74) is 2.43. The summed E-state index contributed by atoms with van der Waals surface area (Å²) in [7, 11) is -1.28. The molecule has 3 aromatic carbocycles. The zero-order valence-electron chi connectivity index (χ0n) is 29.1. The summed E-state index contributed by atoms with van der Waals surface area (Å²) in [5.74, 6) is 1.68. The second-order valence-corrected chi connectivity index (χ2v) is 13.9. The number of carbonyl (C=O) groups excluding carboxylic acids is 1. The van der Waals surface area contributed by atoms with Crippen LogP contribution in [0, 0.1) is 0 Å². The number of amides is 1. The molecule has 0 saturated carbocycles.